The lowest BCUT2D eigenvalue weighted by Crippen LogP contribution is -2.55. The zero-order chi connectivity index (χ0) is 23.1. The highest BCUT2D eigenvalue weighted by atomic mass is 32.2. The summed E-state index contributed by atoms with van der Waals surface area (Å²) in [6.45, 7) is 1.41. The molecule has 0 radical (unpaired) electrons. The molecule has 1 saturated heterocycles. The molecular weight excluding hydrogens is 443 g/mol. The van der Waals surface area contributed by atoms with Gasteiger partial charge in [0.15, 0.2) is 4.87 Å². The van der Waals surface area contributed by atoms with E-state index in [0.29, 0.717) is 12.1 Å². The van der Waals surface area contributed by atoms with Gasteiger partial charge in [0.25, 0.3) is 5.91 Å². The van der Waals surface area contributed by atoms with E-state index in [-0.39, 0.29) is 24.6 Å². The Morgan fingerprint density at radius 3 is 2.56 bits per heavy atom. The van der Waals surface area contributed by atoms with Crippen LogP contribution in [0.5, 0.6) is 0 Å². The summed E-state index contributed by atoms with van der Waals surface area (Å²) >= 11 is 1.28. The number of thioether (sulfide) groups is 1. The molecule has 2 aliphatic rings. The summed E-state index contributed by atoms with van der Waals surface area (Å²) in [6.07, 6.45) is -4.13. The largest absolute Gasteiger partial charge is 0.418 e. The van der Waals surface area contributed by atoms with Crippen LogP contribution in [0.2, 0.25) is 0 Å². The average molecular weight is 463 g/mol. The Morgan fingerprint density at radius 2 is 1.84 bits per heavy atom. The number of rotatable bonds is 5. The summed E-state index contributed by atoms with van der Waals surface area (Å²) in [6, 6.07) is 11.9. The molecular formula is C22H20F3N3O3S. The zero-order valence-corrected chi connectivity index (χ0v) is 17.9. The summed E-state index contributed by atoms with van der Waals surface area (Å²) < 4.78 is 39.7. The number of likely N-dealkylation sites (N-methyl/N-ethyl adjacent to an activating group) is 1. The van der Waals surface area contributed by atoms with Crippen LogP contribution in [0.1, 0.15) is 25.3 Å². The highest BCUT2D eigenvalue weighted by Gasteiger charge is 2.58. The molecule has 3 amide bonds. The van der Waals surface area contributed by atoms with Crippen molar-refractivity contribution >= 4 is 40.9 Å². The maximum absolute atomic E-state index is 13.6. The zero-order valence-electron chi connectivity index (χ0n) is 17.1. The van der Waals surface area contributed by atoms with Crippen molar-refractivity contribution in [1.82, 2.24) is 4.90 Å². The summed E-state index contributed by atoms with van der Waals surface area (Å²) in [7, 11) is 0. The van der Waals surface area contributed by atoms with Crippen molar-refractivity contribution in [1.29, 1.82) is 0 Å². The van der Waals surface area contributed by atoms with Gasteiger partial charge >= 0.3 is 6.18 Å². The normalized spacial score (nSPS) is 19.5. The number of alkyl halides is 3. The molecule has 2 aromatic rings. The number of hydrogen-bond donors (Lipinski definition) is 1. The number of amides is 3. The van der Waals surface area contributed by atoms with Crippen molar-refractivity contribution in [2.45, 2.75) is 35.7 Å². The minimum Gasteiger partial charge on any atom is -0.331 e. The van der Waals surface area contributed by atoms with Gasteiger partial charge in [0.05, 0.1) is 23.5 Å². The van der Waals surface area contributed by atoms with Crippen molar-refractivity contribution in [3.05, 3.63) is 54.1 Å². The maximum atomic E-state index is 13.6. The number of benzene rings is 2. The van der Waals surface area contributed by atoms with Gasteiger partial charge in [-0.1, -0.05) is 36.0 Å². The number of anilines is 2. The molecule has 1 atom stereocenters. The van der Waals surface area contributed by atoms with Gasteiger partial charge in [-0.2, -0.15) is 13.2 Å². The van der Waals surface area contributed by atoms with Crippen molar-refractivity contribution in [3.63, 3.8) is 0 Å². The lowest BCUT2D eigenvalue weighted by atomic mass is 10.1. The van der Waals surface area contributed by atoms with E-state index in [1.807, 2.05) is 12.1 Å². The summed E-state index contributed by atoms with van der Waals surface area (Å²) in [5, 5.41) is 2.27. The quantitative estimate of drug-likeness (QED) is 0.724. The van der Waals surface area contributed by atoms with Crippen LogP contribution >= 0.6 is 11.8 Å². The fraction of sp³-hybridized carbons (Fsp3) is 0.318. The van der Waals surface area contributed by atoms with E-state index in [4.69, 9.17) is 0 Å². The van der Waals surface area contributed by atoms with Crippen LogP contribution in [0, 0.1) is 0 Å². The molecule has 0 saturated carbocycles. The van der Waals surface area contributed by atoms with Crippen LogP contribution in [0.25, 0.3) is 0 Å². The number of carbonyl (C=O) groups excluding carboxylic acids is 3. The Bertz CT molecular complexity index is 1090. The summed E-state index contributed by atoms with van der Waals surface area (Å²) in [5.74, 6) is -1.33. The van der Waals surface area contributed by atoms with E-state index in [2.05, 4.69) is 5.32 Å². The predicted molar refractivity (Wildman–Crippen MR) is 114 cm³/mol. The lowest BCUT2D eigenvalue weighted by Gasteiger charge is -2.34. The van der Waals surface area contributed by atoms with Crippen LogP contribution in [0.15, 0.2) is 53.4 Å². The predicted octanol–water partition coefficient (Wildman–Crippen LogP) is 4.12. The second kappa shape index (κ2) is 8.16. The highest BCUT2D eigenvalue weighted by Crippen LogP contribution is 2.56. The Balaban J connectivity index is 1.55. The first-order chi connectivity index (χ1) is 15.2. The van der Waals surface area contributed by atoms with Crippen LogP contribution < -0.4 is 10.2 Å². The highest BCUT2D eigenvalue weighted by molar-refractivity contribution is 8.02. The van der Waals surface area contributed by atoms with Crippen molar-refractivity contribution in [2.24, 2.45) is 0 Å². The maximum Gasteiger partial charge on any atom is 0.418 e. The lowest BCUT2D eigenvalue weighted by molar-refractivity contribution is -0.138. The van der Waals surface area contributed by atoms with E-state index in [9.17, 15) is 27.6 Å². The Labute approximate surface area is 186 Å². The Kier molecular flexibility index (Phi) is 5.66. The smallest absolute Gasteiger partial charge is 0.331 e. The first kappa shape index (κ1) is 22.2. The van der Waals surface area contributed by atoms with Crippen LogP contribution in [0.3, 0.4) is 0 Å². The SMILES string of the molecule is CCN(CC(=O)Nc1ccccc1C(F)(F)F)C(=O)C12CCC(=O)N1c1ccccc1S2. The topological polar surface area (TPSA) is 69.7 Å². The Morgan fingerprint density at radius 1 is 1.16 bits per heavy atom. The fourth-order valence-corrected chi connectivity index (χ4v) is 5.55. The van der Waals surface area contributed by atoms with Gasteiger partial charge in [0.1, 0.15) is 0 Å². The third-order valence-corrected chi connectivity index (χ3v) is 6.98. The van der Waals surface area contributed by atoms with E-state index in [1.165, 1.54) is 39.8 Å². The molecule has 2 aliphatic heterocycles. The standard InChI is InChI=1S/C22H20F3N3O3S/c1-2-27(13-18(29)26-15-8-4-3-7-14(15)22(23,24)25)20(31)21-12-11-19(30)28(21)16-9-5-6-10-17(16)32-21/h3-10H,2,11-13H2,1H3,(H,26,29). The number of halogens is 3. The van der Waals surface area contributed by atoms with E-state index in [0.717, 1.165) is 11.0 Å². The molecule has 2 aromatic carbocycles. The van der Waals surface area contributed by atoms with Crippen molar-refractivity contribution < 1.29 is 27.6 Å². The molecule has 6 nitrogen and oxygen atoms in total. The monoisotopic (exact) mass is 463 g/mol. The van der Waals surface area contributed by atoms with Gasteiger partial charge in [-0.05, 0) is 37.6 Å². The van der Waals surface area contributed by atoms with Crippen LogP contribution in [-0.4, -0.2) is 40.6 Å². The van der Waals surface area contributed by atoms with Crippen LogP contribution in [-0.2, 0) is 20.6 Å². The first-order valence-electron chi connectivity index (χ1n) is 10.0. The molecule has 4 rings (SSSR count). The molecule has 168 valence electrons. The molecule has 2 heterocycles. The number of nitrogens with zero attached hydrogens (tertiary/aromatic N) is 2. The molecule has 10 heteroatoms. The molecule has 0 aromatic heterocycles. The summed E-state index contributed by atoms with van der Waals surface area (Å²) in [4.78, 5) is 41.1. The molecule has 0 bridgehead atoms. The van der Waals surface area contributed by atoms with E-state index >= 15 is 0 Å². The molecule has 1 unspecified atom stereocenters. The number of carbonyl (C=O) groups is 3. The number of hydrogen-bond acceptors (Lipinski definition) is 4. The van der Waals surface area contributed by atoms with E-state index in [1.54, 1.807) is 19.1 Å². The van der Waals surface area contributed by atoms with Crippen LogP contribution in [0.4, 0.5) is 24.5 Å². The molecule has 0 aliphatic carbocycles. The number of fused-ring (bicyclic) bond motifs is 3. The van der Waals surface area contributed by atoms with Gasteiger partial charge < -0.3 is 10.2 Å². The van der Waals surface area contributed by atoms with Crippen molar-refractivity contribution in [3.8, 4) is 0 Å². The second-order valence-corrected chi connectivity index (χ2v) is 8.81. The summed E-state index contributed by atoms with van der Waals surface area (Å²) in [5.41, 5.74) is -0.671. The van der Waals surface area contributed by atoms with Gasteiger partial charge in [-0.15, -0.1) is 0 Å². The average Bonchev–Trinajstić information content (AvgIpc) is 3.26. The third-order valence-electron chi connectivity index (χ3n) is 5.52. The van der Waals surface area contributed by atoms with Gasteiger partial charge in [0.2, 0.25) is 11.8 Å². The molecule has 1 N–H and O–H groups in total. The van der Waals surface area contributed by atoms with Gasteiger partial charge in [0, 0.05) is 17.9 Å². The number of nitrogens with one attached hydrogen (secondary N) is 1. The molecule has 1 fully saturated rings. The Hall–Kier alpha value is -3.01. The third kappa shape index (κ3) is 3.72. The number of para-hydroxylation sites is 2. The van der Waals surface area contributed by atoms with E-state index < -0.39 is 35.0 Å². The minimum absolute atomic E-state index is 0.161. The second-order valence-electron chi connectivity index (χ2n) is 7.49. The first-order valence-corrected chi connectivity index (χ1v) is 10.9. The van der Waals surface area contributed by atoms with Gasteiger partial charge in [-0.3, -0.25) is 19.3 Å². The minimum atomic E-state index is -4.62. The molecule has 32 heavy (non-hydrogen) atoms. The van der Waals surface area contributed by atoms with Gasteiger partial charge in [-0.25, -0.2) is 0 Å². The fourth-order valence-electron chi connectivity index (χ4n) is 4.06. The van der Waals surface area contributed by atoms with Crippen molar-refractivity contribution in [2.75, 3.05) is 23.3 Å². The molecule has 0 spiro atoms.